The van der Waals surface area contributed by atoms with Gasteiger partial charge >= 0.3 is 0 Å². The smallest absolute Gasteiger partial charge is 0.220 e. The van der Waals surface area contributed by atoms with Crippen LogP contribution in [-0.4, -0.2) is 18.0 Å². The summed E-state index contributed by atoms with van der Waals surface area (Å²) < 4.78 is 0. The van der Waals surface area contributed by atoms with E-state index in [2.05, 4.69) is 33.0 Å². The van der Waals surface area contributed by atoms with E-state index in [4.69, 9.17) is 5.73 Å². The van der Waals surface area contributed by atoms with Crippen molar-refractivity contribution in [2.24, 2.45) is 11.7 Å². The van der Waals surface area contributed by atoms with E-state index < -0.39 is 0 Å². The lowest BCUT2D eigenvalue weighted by molar-refractivity contribution is -0.123. The Morgan fingerprint density at radius 2 is 1.82 bits per heavy atom. The summed E-state index contributed by atoms with van der Waals surface area (Å²) in [5.41, 5.74) is 5.56. The van der Waals surface area contributed by atoms with Gasteiger partial charge in [-0.2, -0.15) is 0 Å². The molecule has 0 aromatic carbocycles. The molecule has 0 heterocycles. The lowest BCUT2D eigenvalue weighted by atomic mass is 9.92. The Morgan fingerprint density at radius 1 is 1.29 bits per heavy atom. The average molecular weight is 265 g/mol. The summed E-state index contributed by atoms with van der Waals surface area (Å²) in [6.45, 7) is 8.95. The maximum Gasteiger partial charge on any atom is 0.220 e. The number of halogens is 1. The number of hydrogen-bond donors (Lipinski definition) is 2. The minimum absolute atomic E-state index is 0. The number of nitrogens with one attached hydrogen (secondary N) is 1. The molecule has 0 aliphatic carbocycles. The Labute approximate surface area is 112 Å². The Bertz CT molecular complexity index is 197. The van der Waals surface area contributed by atoms with Gasteiger partial charge < -0.3 is 11.1 Å². The first-order chi connectivity index (χ1) is 7.53. The minimum Gasteiger partial charge on any atom is -0.349 e. The molecule has 3 nitrogen and oxygen atoms in total. The summed E-state index contributed by atoms with van der Waals surface area (Å²) in [6, 6.07) is 0. The Balaban J connectivity index is 0. The fraction of sp³-hybridized carbons (Fsp3) is 0.923. The zero-order chi connectivity index (χ0) is 12.6. The van der Waals surface area contributed by atoms with Gasteiger partial charge in [0.25, 0.3) is 0 Å². The van der Waals surface area contributed by atoms with Gasteiger partial charge in [-0.1, -0.05) is 40.5 Å². The number of carbonyl (C=O) groups excluding carboxylic acids is 1. The molecular weight excluding hydrogens is 236 g/mol. The number of amides is 1. The fourth-order valence-electron chi connectivity index (χ4n) is 2.02. The first-order valence-corrected chi connectivity index (χ1v) is 6.54. The predicted molar refractivity (Wildman–Crippen MR) is 76.4 cm³/mol. The van der Waals surface area contributed by atoms with E-state index in [-0.39, 0.29) is 23.9 Å². The van der Waals surface area contributed by atoms with Gasteiger partial charge in [-0.15, -0.1) is 12.4 Å². The van der Waals surface area contributed by atoms with Crippen molar-refractivity contribution < 1.29 is 4.79 Å². The first kappa shape index (κ1) is 19.1. The van der Waals surface area contributed by atoms with Gasteiger partial charge in [0.1, 0.15) is 0 Å². The number of carbonyl (C=O) groups is 1. The van der Waals surface area contributed by atoms with Crippen LogP contribution in [0.15, 0.2) is 0 Å². The molecule has 104 valence electrons. The largest absolute Gasteiger partial charge is 0.349 e. The van der Waals surface area contributed by atoms with Crippen LogP contribution >= 0.6 is 12.4 Å². The third-order valence-electron chi connectivity index (χ3n) is 3.46. The van der Waals surface area contributed by atoms with Crippen molar-refractivity contribution in [3.8, 4) is 0 Å². The van der Waals surface area contributed by atoms with Crippen LogP contribution < -0.4 is 11.1 Å². The molecule has 17 heavy (non-hydrogen) atoms. The van der Waals surface area contributed by atoms with Crippen LogP contribution in [0.5, 0.6) is 0 Å². The second kappa shape index (κ2) is 9.72. The lowest BCUT2D eigenvalue weighted by Crippen LogP contribution is -2.53. The van der Waals surface area contributed by atoms with Gasteiger partial charge in [-0.25, -0.2) is 0 Å². The average Bonchev–Trinajstić information content (AvgIpc) is 2.26. The monoisotopic (exact) mass is 264 g/mol. The molecule has 0 bridgehead atoms. The molecule has 1 atom stereocenters. The molecule has 1 unspecified atom stereocenters. The van der Waals surface area contributed by atoms with Crippen molar-refractivity contribution in [1.82, 2.24) is 5.32 Å². The normalized spacial score (nSPS) is 12.8. The summed E-state index contributed by atoms with van der Waals surface area (Å²) in [5.74, 6) is 0.615. The van der Waals surface area contributed by atoms with Gasteiger partial charge in [0, 0.05) is 13.0 Å². The second-order valence-electron chi connectivity index (χ2n) is 4.84. The van der Waals surface area contributed by atoms with Crippen LogP contribution in [0, 0.1) is 5.92 Å². The van der Waals surface area contributed by atoms with Crippen LogP contribution in [-0.2, 0) is 4.79 Å². The summed E-state index contributed by atoms with van der Waals surface area (Å²) >= 11 is 0. The van der Waals surface area contributed by atoms with E-state index in [1.165, 1.54) is 0 Å². The molecule has 0 aromatic rings. The van der Waals surface area contributed by atoms with Gasteiger partial charge in [0.2, 0.25) is 5.91 Å². The molecule has 0 rings (SSSR count). The lowest BCUT2D eigenvalue weighted by Gasteiger charge is -2.32. The second-order valence-corrected chi connectivity index (χ2v) is 4.84. The Kier molecular flexibility index (Phi) is 10.9. The predicted octanol–water partition coefficient (Wildman–Crippen LogP) is 2.87. The SMILES string of the molecule is CCCC(C)CC(=O)NC(CC)(CC)CN.Cl. The van der Waals surface area contributed by atoms with Gasteiger partial charge in [-0.05, 0) is 18.8 Å². The summed E-state index contributed by atoms with van der Waals surface area (Å²) in [7, 11) is 0. The quantitative estimate of drug-likeness (QED) is 0.708. The van der Waals surface area contributed by atoms with Crippen LogP contribution in [0.2, 0.25) is 0 Å². The molecule has 0 aromatic heterocycles. The first-order valence-electron chi connectivity index (χ1n) is 6.54. The van der Waals surface area contributed by atoms with E-state index in [1.807, 2.05) is 0 Å². The standard InChI is InChI=1S/C13H28N2O.ClH/c1-5-8-11(4)9-12(16)15-13(6-2,7-3)10-14;/h11H,5-10,14H2,1-4H3,(H,15,16);1H. The minimum atomic E-state index is -0.191. The van der Waals surface area contributed by atoms with E-state index in [1.54, 1.807) is 0 Å². The van der Waals surface area contributed by atoms with Gasteiger partial charge in [-0.3, -0.25) is 4.79 Å². The Morgan fingerprint density at radius 3 is 2.18 bits per heavy atom. The topological polar surface area (TPSA) is 55.1 Å². The molecule has 0 spiro atoms. The maximum absolute atomic E-state index is 11.9. The fourth-order valence-corrected chi connectivity index (χ4v) is 2.02. The van der Waals surface area contributed by atoms with E-state index in [0.29, 0.717) is 18.9 Å². The number of nitrogens with two attached hydrogens (primary N) is 1. The van der Waals surface area contributed by atoms with Crippen LogP contribution in [0.1, 0.15) is 59.8 Å². The van der Waals surface area contributed by atoms with Crippen molar-refractivity contribution in [3.63, 3.8) is 0 Å². The zero-order valence-corrected chi connectivity index (χ0v) is 12.5. The highest BCUT2D eigenvalue weighted by Gasteiger charge is 2.26. The molecule has 0 radical (unpaired) electrons. The Hall–Kier alpha value is -0.280. The maximum atomic E-state index is 11.9. The summed E-state index contributed by atoms with van der Waals surface area (Å²) in [5, 5.41) is 3.10. The van der Waals surface area contributed by atoms with Crippen LogP contribution in [0.4, 0.5) is 0 Å². The number of hydrogen-bond acceptors (Lipinski definition) is 2. The molecular formula is C13H29ClN2O. The highest BCUT2D eigenvalue weighted by atomic mass is 35.5. The highest BCUT2D eigenvalue weighted by Crippen LogP contribution is 2.15. The molecule has 4 heteroatoms. The van der Waals surface area contributed by atoms with Crippen LogP contribution in [0.25, 0.3) is 0 Å². The third kappa shape index (κ3) is 6.89. The molecule has 0 fully saturated rings. The van der Waals surface area contributed by atoms with Crippen LogP contribution in [0.3, 0.4) is 0 Å². The van der Waals surface area contributed by atoms with Gasteiger partial charge in [0.05, 0.1) is 5.54 Å². The van der Waals surface area contributed by atoms with E-state index >= 15 is 0 Å². The molecule has 0 aliphatic rings. The van der Waals surface area contributed by atoms with Crippen molar-refractivity contribution >= 4 is 18.3 Å². The number of rotatable bonds is 8. The molecule has 0 saturated carbocycles. The third-order valence-corrected chi connectivity index (χ3v) is 3.46. The van der Waals surface area contributed by atoms with E-state index in [9.17, 15) is 4.79 Å². The highest BCUT2D eigenvalue weighted by molar-refractivity contribution is 5.85. The van der Waals surface area contributed by atoms with Crippen molar-refractivity contribution in [3.05, 3.63) is 0 Å². The zero-order valence-electron chi connectivity index (χ0n) is 11.7. The summed E-state index contributed by atoms with van der Waals surface area (Å²) in [4.78, 5) is 11.9. The molecule has 3 N–H and O–H groups in total. The van der Waals surface area contributed by atoms with Crippen molar-refractivity contribution in [2.45, 2.75) is 65.3 Å². The molecule has 1 amide bonds. The summed E-state index contributed by atoms with van der Waals surface area (Å²) in [6.07, 6.45) is 4.66. The van der Waals surface area contributed by atoms with E-state index in [0.717, 1.165) is 25.7 Å². The van der Waals surface area contributed by atoms with Crippen molar-refractivity contribution in [2.75, 3.05) is 6.54 Å². The van der Waals surface area contributed by atoms with Gasteiger partial charge in [0.15, 0.2) is 0 Å². The van der Waals surface area contributed by atoms with Crippen molar-refractivity contribution in [1.29, 1.82) is 0 Å². The molecule has 0 aliphatic heterocycles. The molecule has 0 saturated heterocycles.